The molecule has 7 heteroatoms. The fourth-order valence-corrected chi connectivity index (χ4v) is 3.09. The summed E-state index contributed by atoms with van der Waals surface area (Å²) in [4.78, 5) is 25.3. The van der Waals surface area contributed by atoms with Crippen LogP contribution in [0.15, 0.2) is 65.1 Å². The van der Waals surface area contributed by atoms with Crippen LogP contribution in [0.4, 0.5) is 14.5 Å². The van der Waals surface area contributed by atoms with Crippen molar-refractivity contribution in [2.75, 3.05) is 5.32 Å². The number of carbonyl (C=O) groups is 2. The Labute approximate surface area is 167 Å². The molecule has 136 valence electrons. The van der Waals surface area contributed by atoms with Gasteiger partial charge in [-0.25, -0.2) is 8.78 Å². The van der Waals surface area contributed by atoms with Crippen LogP contribution < -0.4 is 5.32 Å². The van der Waals surface area contributed by atoms with E-state index in [1.807, 2.05) is 0 Å². The lowest BCUT2D eigenvalue weighted by molar-refractivity contribution is 0.101. The highest BCUT2D eigenvalue weighted by Crippen LogP contribution is 2.27. The lowest BCUT2D eigenvalue weighted by Crippen LogP contribution is -2.18. The van der Waals surface area contributed by atoms with Gasteiger partial charge in [0.05, 0.1) is 10.7 Å². The van der Waals surface area contributed by atoms with Gasteiger partial charge in [0.2, 0.25) is 0 Å². The lowest BCUT2D eigenvalue weighted by Gasteiger charge is -2.12. The third kappa shape index (κ3) is 4.07. The lowest BCUT2D eigenvalue weighted by atomic mass is 10.0. The average molecular weight is 451 g/mol. The van der Waals surface area contributed by atoms with Crippen LogP contribution in [-0.2, 0) is 0 Å². The number of nitrogens with one attached hydrogen (secondary N) is 1. The number of hydrogen-bond acceptors (Lipinski definition) is 2. The minimum Gasteiger partial charge on any atom is -0.321 e. The van der Waals surface area contributed by atoms with Crippen LogP contribution in [-0.4, -0.2) is 11.7 Å². The molecule has 3 aromatic carbocycles. The Balaban J connectivity index is 2.01. The van der Waals surface area contributed by atoms with E-state index in [9.17, 15) is 18.4 Å². The zero-order chi connectivity index (χ0) is 19.6. The normalized spacial score (nSPS) is 10.5. The molecule has 3 rings (SSSR count). The van der Waals surface area contributed by atoms with Gasteiger partial charge >= 0.3 is 0 Å². The van der Waals surface area contributed by atoms with Gasteiger partial charge in [-0.05, 0) is 42.5 Å². The smallest absolute Gasteiger partial charge is 0.261 e. The topological polar surface area (TPSA) is 46.2 Å². The minimum atomic E-state index is -0.999. The van der Waals surface area contributed by atoms with Crippen LogP contribution in [0.3, 0.4) is 0 Å². The molecule has 0 unspecified atom stereocenters. The first-order valence-corrected chi connectivity index (χ1v) is 8.89. The number of ketones is 1. The molecule has 3 aromatic rings. The summed E-state index contributed by atoms with van der Waals surface area (Å²) in [7, 11) is 0. The van der Waals surface area contributed by atoms with Gasteiger partial charge in [0.15, 0.2) is 5.78 Å². The summed E-state index contributed by atoms with van der Waals surface area (Å²) in [5.41, 5.74) is -0.250. The molecule has 0 saturated heterocycles. The zero-order valence-corrected chi connectivity index (χ0v) is 15.9. The summed E-state index contributed by atoms with van der Waals surface area (Å²) in [6.45, 7) is 0. The first-order chi connectivity index (χ1) is 12.9. The number of rotatable bonds is 4. The number of benzene rings is 3. The van der Waals surface area contributed by atoms with Gasteiger partial charge in [0, 0.05) is 15.6 Å². The Morgan fingerprint density at radius 1 is 0.889 bits per heavy atom. The van der Waals surface area contributed by atoms with Crippen molar-refractivity contribution in [2.45, 2.75) is 0 Å². The van der Waals surface area contributed by atoms with E-state index in [2.05, 4.69) is 21.2 Å². The summed E-state index contributed by atoms with van der Waals surface area (Å²) >= 11 is 9.36. The SMILES string of the molecule is O=C(c1ccccc1Cl)c1cc(Br)ccc1NC(=O)c1c(F)cccc1F. The van der Waals surface area contributed by atoms with Gasteiger partial charge in [-0.2, -0.15) is 0 Å². The van der Waals surface area contributed by atoms with Crippen molar-refractivity contribution >= 4 is 44.9 Å². The van der Waals surface area contributed by atoms with Crippen LogP contribution in [0.25, 0.3) is 0 Å². The number of carbonyl (C=O) groups excluding carboxylic acids is 2. The second kappa shape index (κ2) is 7.98. The maximum absolute atomic E-state index is 13.9. The molecule has 0 radical (unpaired) electrons. The first-order valence-electron chi connectivity index (χ1n) is 7.72. The maximum atomic E-state index is 13.9. The second-order valence-corrected chi connectivity index (χ2v) is 6.87. The fraction of sp³-hybridized carbons (Fsp3) is 0. The highest BCUT2D eigenvalue weighted by molar-refractivity contribution is 9.10. The van der Waals surface area contributed by atoms with Gasteiger partial charge in [0.25, 0.3) is 5.91 Å². The minimum absolute atomic E-state index is 0.107. The Hall–Kier alpha value is -2.57. The summed E-state index contributed by atoms with van der Waals surface area (Å²) in [5, 5.41) is 2.65. The molecule has 0 bridgehead atoms. The molecule has 0 spiro atoms. The summed E-state index contributed by atoms with van der Waals surface area (Å²) < 4.78 is 28.3. The van der Waals surface area contributed by atoms with Gasteiger partial charge in [-0.3, -0.25) is 9.59 Å². The van der Waals surface area contributed by atoms with Crippen molar-refractivity contribution in [3.05, 3.63) is 98.5 Å². The summed E-state index contributed by atoms with van der Waals surface area (Å²) in [6.07, 6.45) is 0. The van der Waals surface area contributed by atoms with Crippen LogP contribution in [0.1, 0.15) is 26.3 Å². The Kier molecular flexibility index (Phi) is 5.68. The van der Waals surface area contributed by atoms with Crippen molar-refractivity contribution in [3.63, 3.8) is 0 Å². The van der Waals surface area contributed by atoms with Crippen molar-refractivity contribution < 1.29 is 18.4 Å². The molecule has 0 fully saturated rings. The van der Waals surface area contributed by atoms with Crippen molar-refractivity contribution in [1.29, 1.82) is 0 Å². The average Bonchev–Trinajstić information content (AvgIpc) is 2.63. The van der Waals surface area contributed by atoms with E-state index in [1.54, 1.807) is 30.3 Å². The molecule has 1 N–H and O–H groups in total. The van der Waals surface area contributed by atoms with Crippen molar-refractivity contribution in [1.82, 2.24) is 0 Å². The van der Waals surface area contributed by atoms with Gasteiger partial charge in [-0.1, -0.05) is 45.7 Å². The Morgan fingerprint density at radius 3 is 2.22 bits per heavy atom. The van der Waals surface area contributed by atoms with Gasteiger partial charge < -0.3 is 5.32 Å². The third-order valence-corrected chi connectivity index (χ3v) is 4.61. The molecule has 0 atom stereocenters. The van der Waals surface area contributed by atoms with Crippen LogP contribution in [0.2, 0.25) is 5.02 Å². The highest BCUT2D eigenvalue weighted by atomic mass is 79.9. The molecule has 0 aliphatic heterocycles. The molecule has 0 saturated carbocycles. The summed E-state index contributed by atoms with van der Waals surface area (Å²) in [5.74, 6) is -3.43. The largest absolute Gasteiger partial charge is 0.321 e. The second-order valence-electron chi connectivity index (χ2n) is 5.55. The van der Waals surface area contributed by atoms with E-state index in [0.717, 1.165) is 18.2 Å². The standard InChI is InChI=1S/C20H11BrClF2NO2/c21-11-8-9-17(25-20(27)18-15(23)6-3-7-16(18)24)13(10-11)19(26)12-4-1-2-5-14(12)22/h1-10H,(H,25,27). The molecular formula is C20H11BrClF2NO2. The molecule has 0 heterocycles. The van der Waals surface area contributed by atoms with E-state index in [4.69, 9.17) is 11.6 Å². The number of anilines is 1. The van der Waals surface area contributed by atoms with Crippen LogP contribution in [0.5, 0.6) is 0 Å². The Morgan fingerprint density at radius 2 is 1.56 bits per heavy atom. The summed E-state index contributed by atoms with van der Waals surface area (Å²) in [6, 6.07) is 14.1. The Bertz CT molecular complexity index is 1040. The molecule has 3 nitrogen and oxygen atoms in total. The zero-order valence-electron chi connectivity index (χ0n) is 13.6. The number of hydrogen-bond donors (Lipinski definition) is 1. The van der Waals surface area contributed by atoms with E-state index < -0.39 is 28.9 Å². The first kappa shape index (κ1) is 19.2. The molecule has 0 aliphatic carbocycles. The van der Waals surface area contributed by atoms with Crippen LogP contribution in [0, 0.1) is 11.6 Å². The van der Waals surface area contributed by atoms with Gasteiger partial charge in [0.1, 0.15) is 17.2 Å². The van der Waals surface area contributed by atoms with E-state index >= 15 is 0 Å². The van der Waals surface area contributed by atoms with Crippen LogP contribution >= 0.6 is 27.5 Å². The van der Waals surface area contributed by atoms with Gasteiger partial charge in [-0.15, -0.1) is 0 Å². The molecule has 1 amide bonds. The quantitative estimate of drug-likeness (QED) is 0.506. The monoisotopic (exact) mass is 449 g/mol. The molecular weight excluding hydrogens is 440 g/mol. The van der Waals surface area contributed by atoms with E-state index in [-0.39, 0.29) is 21.8 Å². The van der Waals surface area contributed by atoms with E-state index in [0.29, 0.717) is 4.47 Å². The molecule has 27 heavy (non-hydrogen) atoms. The highest BCUT2D eigenvalue weighted by Gasteiger charge is 2.21. The molecule has 0 aliphatic rings. The fourth-order valence-electron chi connectivity index (χ4n) is 2.50. The third-order valence-electron chi connectivity index (χ3n) is 3.78. The molecule has 0 aromatic heterocycles. The number of amides is 1. The maximum Gasteiger partial charge on any atom is 0.261 e. The van der Waals surface area contributed by atoms with Crippen molar-refractivity contribution in [3.8, 4) is 0 Å². The van der Waals surface area contributed by atoms with E-state index in [1.165, 1.54) is 12.1 Å². The number of halogens is 4. The predicted molar refractivity (Wildman–Crippen MR) is 103 cm³/mol. The predicted octanol–water partition coefficient (Wildman–Crippen LogP) is 5.86. The van der Waals surface area contributed by atoms with Crippen molar-refractivity contribution in [2.24, 2.45) is 0 Å².